The number of carbonyl (C=O) groups is 1. The number of carboxylic acid groups (broad SMARTS) is 1. The van der Waals surface area contributed by atoms with Gasteiger partial charge in [-0.05, 0) is 24.0 Å². The normalized spacial score (nSPS) is 16.4. The predicted octanol–water partition coefficient (Wildman–Crippen LogP) is 1.88. The van der Waals surface area contributed by atoms with E-state index < -0.39 is 15.8 Å². The van der Waals surface area contributed by atoms with Crippen LogP contribution >= 0.6 is 11.8 Å². The summed E-state index contributed by atoms with van der Waals surface area (Å²) in [7, 11) is -3.47. The third-order valence-corrected chi connectivity index (χ3v) is 4.63. The predicted molar refractivity (Wildman–Crippen MR) is 66.9 cm³/mol. The highest BCUT2D eigenvalue weighted by Gasteiger charge is 2.30. The molecule has 0 aromatic heterocycles. The van der Waals surface area contributed by atoms with Crippen LogP contribution in [0.25, 0.3) is 5.57 Å². The molecule has 1 aliphatic heterocycles. The third-order valence-electron chi connectivity index (χ3n) is 2.48. The number of thioether (sulfide) groups is 1. The summed E-state index contributed by atoms with van der Waals surface area (Å²) in [5, 5.41) is 10.2. The number of rotatable bonds is 3. The van der Waals surface area contributed by atoms with Crippen molar-refractivity contribution < 1.29 is 18.3 Å². The van der Waals surface area contributed by atoms with E-state index in [1.807, 2.05) is 6.26 Å². The highest BCUT2D eigenvalue weighted by molar-refractivity contribution is 7.99. The van der Waals surface area contributed by atoms with Crippen molar-refractivity contribution >= 4 is 33.1 Å². The van der Waals surface area contributed by atoms with Crippen LogP contribution in [0.1, 0.15) is 15.9 Å². The molecule has 0 saturated heterocycles. The number of fused-ring (bicyclic) bond motifs is 1. The van der Waals surface area contributed by atoms with E-state index in [4.69, 9.17) is 5.11 Å². The van der Waals surface area contributed by atoms with Crippen LogP contribution in [0.3, 0.4) is 0 Å². The first-order valence-electron chi connectivity index (χ1n) is 4.78. The average Bonchev–Trinajstić information content (AvgIpc) is 2.51. The maximum atomic E-state index is 11.8. The second-order valence-electron chi connectivity index (χ2n) is 3.60. The minimum absolute atomic E-state index is 0.0453. The van der Waals surface area contributed by atoms with Crippen molar-refractivity contribution in [2.24, 2.45) is 0 Å². The van der Waals surface area contributed by atoms with Gasteiger partial charge < -0.3 is 5.11 Å². The molecule has 4 nitrogen and oxygen atoms in total. The summed E-state index contributed by atoms with van der Waals surface area (Å²) in [6, 6.07) is 4.33. The molecule has 1 aliphatic rings. The highest BCUT2D eigenvalue weighted by atomic mass is 32.2. The molecule has 0 saturated carbocycles. The van der Waals surface area contributed by atoms with Gasteiger partial charge >= 0.3 is 5.97 Å². The molecule has 0 atom stereocenters. The topological polar surface area (TPSA) is 71.4 Å². The molecular weight excluding hydrogens is 260 g/mol. The van der Waals surface area contributed by atoms with Gasteiger partial charge in [0.05, 0.1) is 10.5 Å². The zero-order chi connectivity index (χ0) is 12.6. The molecule has 2 rings (SSSR count). The number of hydrogen-bond acceptors (Lipinski definition) is 4. The van der Waals surface area contributed by atoms with Crippen molar-refractivity contribution in [1.82, 2.24) is 0 Å². The second kappa shape index (κ2) is 4.19. The molecule has 0 unspecified atom stereocenters. The van der Waals surface area contributed by atoms with Crippen molar-refractivity contribution in [3.05, 3.63) is 34.7 Å². The molecule has 1 aromatic rings. The molecule has 0 bridgehead atoms. The summed E-state index contributed by atoms with van der Waals surface area (Å²) < 4.78 is 23.7. The fourth-order valence-corrected chi connectivity index (χ4v) is 3.99. The Balaban J connectivity index is 2.74. The van der Waals surface area contributed by atoms with Crippen LogP contribution in [0, 0.1) is 0 Å². The molecule has 0 fully saturated rings. The summed E-state index contributed by atoms with van der Waals surface area (Å²) >= 11 is 1.46. The molecule has 0 spiro atoms. The Labute approximate surface area is 103 Å². The third kappa shape index (κ3) is 1.98. The standard InChI is InChI=1S/C11H10O4S2/c1-16-5-7-6-17(14,15)9-4-2-3-8(10(7)9)11(12)13/h2-4,6H,5H2,1H3,(H,12,13). The van der Waals surface area contributed by atoms with Gasteiger partial charge in [-0.15, -0.1) is 0 Å². The molecule has 1 aromatic carbocycles. The van der Waals surface area contributed by atoms with E-state index in [2.05, 4.69) is 0 Å². The number of aromatic carboxylic acids is 1. The Morgan fingerprint density at radius 1 is 1.41 bits per heavy atom. The molecule has 1 heterocycles. The van der Waals surface area contributed by atoms with Crippen LogP contribution in [0.2, 0.25) is 0 Å². The van der Waals surface area contributed by atoms with E-state index in [0.717, 1.165) is 0 Å². The van der Waals surface area contributed by atoms with Crippen molar-refractivity contribution in [1.29, 1.82) is 0 Å². The second-order valence-corrected chi connectivity index (χ2v) is 6.24. The van der Waals surface area contributed by atoms with E-state index in [9.17, 15) is 13.2 Å². The molecule has 6 heteroatoms. The molecule has 0 aliphatic carbocycles. The molecule has 1 N–H and O–H groups in total. The number of carboxylic acids is 1. The quantitative estimate of drug-likeness (QED) is 0.908. The fraction of sp³-hybridized carbons (Fsp3) is 0.182. The number of hydrogen-bond donors (Lipinski definition) is 1. The van der Waals surface area contributed by atoms with Gasteiger partial charge in [0, 0.05) is 16.7 Å². The summed E-state index contributed by atoms with van der Waals surface area (Å²) in [6.45, 7) is 0. The molecule has 0 radical (unpaired) electrons. The Bertz CT molecular complexity index is 614. The lowest BCUT2D eigenvalue weighted by atomic mass is 10.0. The van der Waals surface area contributed by atoms with E-state index in [1.54, 1.807) is 0 Å². The van der Waals surface area contributed by atoms with E-state index in [0.29, 0.717) is 16.9 Å². The average molecular weight is 270 g/mol. The SMILES string of the molecule is CSCC1=CS(=O)(=O)c2cccc(C(=O)O)c21. The van der Waals surface area contributed by atoms with Crippen LogP contribution in [0.15, 0.2) is 28.5 Å². The molecule has 0 amide bonds. The first-order valence-corrected chi connectivity index (χ1v) is 7.72. The smallest absolute Gasteiger partial charge is 0.336 e. The van der Waals surface area contributed by atoms with Crippen LogP contribution in [0.4, 0.5) is 0 Å². The van der Waals surface area contributed by atoms with Gasteiger partial charge in [0.1, 0.15) is 0 Å². The van der Waals surface area contributed by atoms with Crippen LogP contribution in [-0.2, 0) is 9.84 Å². The van der Waals surface area contributed by atoms with Crippen LogP contribution in [0.5, 0.6) is 0 Å². The lowest BCUT2D eigenvalue weighted by Gasteiger charge is -2.06. The van der Waals surface area contributed by atoms with Gasteiger partial charge in [0.15, 0.2) is 0 Å². The Morgan fingerprint density at radius 2 is 2.12 bits per heavy atom. The van der Waals surface area contributed by atoms with Crippen LogP contribution in [-0.4, -0.2) is 31.5 Å². The van der Waals surface area contributed by atoms with Crippen molar-refractivity contribution in [2.45, 2.75) is 4.90 Å². The molecule has 17 heavy (non-hydrogen) atoms. The Kier molecular flexibility index (Phi) is 3.01. The number of sulfone groups is 1. The summed E-state index contributed by atoms with van der Waals surface area (Å²) in [4.78, 5) is 11.2. The van der Waals surface area contributed by atoms with E-state index in [1.165, 1.54) is 35.4 Å². The molecular formula is C11H10O4S2. The minimum Gasteiger partial charge on any atom is -0.478 e. The minimum atomic E-state index is -3.47. The van der Waals surface area contributed by atoms with Gasteiger partial charge in [-0.1, -0.05) is 6.07 Å². The monoisotopic (exact) mass is 270 g/mol. The maximum absolute atomic E-state index is 11.8. The Hall–Kier alpha value is -1.27. The van der Waals surface area contributed by atoms with E-state index >= 15 is 0 Å². The summed E-state index contributed by atoms with van der Waals surface area (Å²) in [6.07, 6.45) is 1.84. The van der Waals surface area contributed by atoms with Gasteiger partial charge in [-0.3, -0.25) is 0 Å². The van der Waals surface area contributed by atoms with Gasteiger partial charge in [0.25, 0.3) is 0 Å². The lowest BCUT2D eigenvalue weighted by molar-refractivity contribution is 0.0696. The van der Waals surface area contributed by atoms with Crippen molar-refractivity contribution in [3.63, 3.8) is 0 Å². The zero-order valence-electron chi connectivity index (χ0n) is 9.00. The summed E-state index contributed by atoms with van der Waals surface area (Å²) in [5.41, 5.74) is 0.948. The maximum Gasteiger partial charge on any atom is 0.336 e. The van der Waals surface area contributed by atoms with Crippen molar-refractivity contribution in [2.75, 3.05) is 12.0 Å². The number of benzene rings is 1. The van der Waals surface area contributed by atoms with Crippen molar-refractivity contribution in [3.8, 4) is 0 Å². The largest absolute Gasteiger partial charge is 0.478 e. The first kappa shape index (κ1) is 12.2. The van der Waals surface area contributed by atoms with Crippen LogP contribution < -0.4 is 0 Å². The van der Waals surface area contributed by atoms with Gasteiger partial charge in [-0.25, -0.2) is 13.2 Å². The molecule has 90 valence electrons. The fourth-order valence-electron chi connectivity index (χ4n) is 1.85. The zero-order valence-corrected chi connectivity index (χ0v) is 10.6. The summed E-state index contributed by atoms with van der Waals surface area (Å²) in [5.74, 6) is -0.623. The first-order chi connectivity index (χ1) is 7.97. The van der Waals surface area contributed by atoms with Gasteiger partial charge in [-0.2, -0.15) is 11.8 Å². The lowest BCUT2D eigenvalue weighted by Crippen LogP contribution is -2.04. The van der Waals surface area contributed by atoms with E-state index in [-0.39, 0.29) is 10.5 Å². The Morgan fingerprint density at radius 3 is 2.71 bits per heavy atom. The highest BCUT2D eigenvalue weighted by Crippen LogP contribution is 2.37. The van der Waals surface area contributed by atoms with Gasteiger partial charge in [0.2, 0.25) is 9.84 Å².